The molecule has 0 bridgehead atoms. The molecule has 1 rings (SSSR count). The van der Waals surface area contributed by atoms with Crippen molar-refractivity contribution in [2.45, 2.75) is 6.92 Å². The lowest BCUT2D eigenvalue weighted by Crippen LogP contribution is -2.27. The Morgan fingerprint density at radius 1 is 1.53 bits per heavy atom. The Bertz CT molecular complexity index is 459. The van der Waals surface area contributed by atoms with Gasteiger partial charge in [0.1, 0.15) is 0 Å². The van der Waals surface area contributed by atoms with Crippen LogP contribution in [-0.2, 0) is 0 Å². The van der Waals surface area contributed by atoms with E-state index in [2.05, 4.69) is 5.32 Å². The van der Waals surface area contributed by atoms with Gasteiger partial charge in [0, 0.05) is 12.1 Å². The van der Waals surface area contributed by atoms with Gasteiger partial charge in [-0.1, -0.05) is 23.2 Å². The summed E-state index contributed by atoms with van der Waals surface area (Å²) in [5.74, 6) is -0.588. The largest absolute Gasteiger partial charge is 0.396 e. The molecule has 1 aromatic rings. The topological polar surface area (TPSA) is 78.9 Å². The number of nitriles is 1. The van der Waals surface area contributed by atoms with Gasteiger partial charge in [-0.3, -0.25) is 4.79 Å². The van der Waals surface area contributed by atoms with Gasteiger partial charge in [0.2, 0.25) is 0 Å². The summed E-state index contributed by atoms with van der Waals surface area (Å²) in [4.78, 5) is 11.7. The zero-order valence-corrected chi connectivity index (χ0v) is 10.6. The van der Waals surface area contributed by atoms with Crippen molar-refractivity contribution >= 4 is 34.8 Å². The normalized spacial score (nSPS) is 11.6. The van der Waals surface area contributed by atoms with Crippen LogP contribution in [0.1, 0.15) is 17.3 Å². The van der Waals surface area contributed by atoms with Crippen LogP contribution in [0.2, 0.25) is 10.0 Å². The summed E-state index contributed by atoms with van der Waals surface area (Å²) in [6, 6.07) is 4.90. The Labute approximate surface area is 109 Å². The van der Waals surface area contributed by atoms with Gasteiger partial charge < -0.3 is 11.1 Å². The van der Waals surface area contributed by atoms with E-state index in [1.807, 2.05) is 6.07 Å². The third-order valence-corrected chi connectivity index (χ3v) is 2.76. The molecule has 0 aliphatic carbocycles. The number of nitrogens with zero attached hydrogens (tertiary/aromatic N) is 1. The number of hydrogen-bond acceptors (Lipinski definition) is 3. The van der Waals surface area contributed by atoms with Crippen LogP contribution in [0.4, 0.5) is 5.69 Å². The van der Waals surface area contributed by atoms with Crippen LogP contribution >= 0.6 is 23.2 Å². The predicted molar refractivity (Wildman–Crippen MR) is 68.0 cm³/mol. The molecule has 17 heavy (non-hydrogen) atoms. The molecule has 3 N–H and O–H groups in total. The maximum Gasteiger partial charge on any atom is 0.251 e. The van der Waals surface area contributed by atoms with E-state index in [0.717, 1.165) is 0 Å². The van der Waals surface area contributed by atoms with E-state index in [4.69, 9.17) is 34.2 Å². The molecule has 1 unspecified atom stereocenters. The molecule has 0 fully saturated rings. The second-order valence-corrected chi connectivity index (χ2v) is 4.41. The Morgan fingerprint density at radius 3 is 2.53 bits per heavy atom. The molecule has 90 valence electrons. The van der Waals surface area contributed by atoms with Crippen molar-refractivity contribution in [2.24, 2.45) is 5.92 Å². The molecule has 0 spiro atoms. The lowest BCUT2D eigenvalue weighted by Gasteiger charge is -2.08. The maximum atomic E-state index is 11.7. The summed E-state index contributed by atoms with van der Waals surface area (Å²) >= 11 is 11.6. The smallest absolute Gasteiger partial charge is 0.251 e. The number of halogens is 2. The Hall–Kier alpha value is -1.44. The van der Waals surface area contributed by atoms with Crippen molar-refractivity contribution in [1.29, 1.82) is 5.26 Å². The van der Waals surface area contributed by atoms with E-state index >= 15 is 0 Å². The summed E-state index contributed by atoms with van der Waals surface area (Å²) in [6.45, 7) is 1.98. The Kier molecular flexibility index (Phi) is 4.62. The summed E-state index contributed by atoms with van der Waals surface area (Å²) in [5, 5.41) is 11.7. The predicted octanol–water partition coefficient (Wildman–Crippen LogP) is 2.47. The van der Waals surface area contributed by atoms with Gasteiger partial charge >= 0.3 is 0 Å². The number of nitrogens with two attached hydrogens (primary N) is 1. The molecule has 0 aliphatic rings. The van der Waals surface area contributed by atoms with Crippen molar-refractivity contribution in [3.63, 3.8) is 0 Å². The molecular weight excluding hydrogens is 261 g/mol. The fourth-order valence-corrected chi connectivity index (χ4v) is 1.60. The number of hydrogen-bond donors (Lipinski definition) is 2. The van der Waals surface area contributed by atoms with Gasteiger partial charge in [-0.15, -0.1) is 0 Å². The number of anilines is 1. The molecular formula is C11H11Cl2N3O. The lowest BCUT2D eigenvalue weighted by molar-refractivity contribution is 0.0951. The number of amides is 1. The first-order chi connectivity index (χ1) is 7.95. The van der Waals surface area contributed by atoms with Crippen molar-refractivity contribution in [1.82, 2.24) is 5.32 Å². The Morgan fingerprint density at radius 2 is 2.06 bits per heavy atom. The zero-order chi connectivity index (χ0) is 13.0. The second-order valence-electron chi connectivity index (χ2n) is 3.59. The minimum Gasteiger partial charge on any atom is -0.396 e. The SMILES string of the molecule is CC(C#N)CNC(=O)c1cc(Cl)c(N)c(Cl)c1. The number of rotatable bonds is 3. The number of carbonyl (C=O) groups excluding carboxylic acids is 1. The monoisotopic (exact) mass is 271 g/mol. The Balaban J connectivity index is 2.80. The molecule has 0 heterocycles. The third-order valence-electron chi connectivity index (χ3n) is 2.13. The van der Waals surface area contributed by atoms with Crippen molar-refractivity contribution in [2.75, 3.05) is 12.3 Å². The van der Waals surface area contributed by atoms with Crippen LogP contribution in [-0.4, -0.2) is 12.5 Å². The summed E-state index contributed by atoms with van der Waals surface area (Å²) in [7, 11) is 0. The fraction of sp³-hybridized carbons (Fsp3) is 0.273. The molecule has 0 saturated carbocycles. The molecule has 0 aromatic heterocycles. The van der Waals surface area contributed by atoms with Gasteiger partial charge in [-0.25, -0.2) is 0 Å². The molecule has 0 saturated heterocycles. The third kappa shape index (κ3) is 3.52. The molecule has 1 amide bonds. The highest BCUT2D eigenvalue weighted by molar-refractivity contribution is 6.39. The van der Waals surface area contributed by atoms with Crippen LogP contribution in [0.3, 0.4) is 0 Å². The molecule has 4 nitrogen and oxygen atoms in total. The standard InChI is InChI=1S/C11H11Cl2N3O/c1-6(4-14)5-16-11(17)7-2-8(12)10(15)9(13)3-7/h2-3,6H,5,15H2,1H3,(H,16,17). The van der Waals surface area contributed by atoms with E-state index in [1.165, 1.54) is 12.1 Å². The highest BCUT2D eigenvalue weighted by atomic mass is 35.5. The minimum atomic E-state index is -0.337. The van der Waals surface area contributed by atoms with Crippen LogP contribution in [0, 0.1) is 17.2 Å². The molecule has 0 aliphatic heterocycles. The first-order valence-corrected chi connectivity index (χ1v) is 5.63. The highest BCUT2D eigenvalue weighted by Crippen LogP contribution is 2.28. The van der Waals surface area contributed by atoms with Gasteiger partial charge in [0.05, 0.1) is 27.7 Å². The number of nitrogens with one attached hydrogen (secondary N) is 1. The molecule has 0 radical (unpaired) electrons. The quantitative estimate of drug-likeness (QED) is 0.829. The highest BCUT2D eigenvalue weighted by Gasteiger charge is 2.11. The number of carbonyl (C=O) groups is 1. The molecule has 1 atom stereocenters. The molecule has 6 heteroatoms. The maximum absolute atomic E-state index is 11.7. The van der Waals surface area contributed by atoms with Gasteiger partial charge in [0.25, 0.3) is 5.91 Å². The summed E-state index contributed by atoms with van der Waals surface area (Å²) in [5.41, 5.74) is 6.12. The summed E-state index contributed by atoms with van der Waals surface area (Å²) < 4.78 is 0. The number of nitrogen functional groups attached to an aromatic ring is 1. The fourth-order valence-electron chi connectivity index (χ4n) is 1.11. The van der Waals surface area contributed by atoms with Crippen LogP contribution in [0.25, 0.3) is 0 Å². The van der Waals surface area contributed by atoms with Crippen molar-refractivity contribution in [3.05, 3.63) is 27.7 Å². The molecule has 1 aromatic carbocycles. The van der Waals surface area contributed by atoms with Crippen LogP contribution in [0.5, 0.6) is 0 Å². The van der Waals surface area contributed by atoms with Gasteiger partial charge in [-0.05, 0) is 19.1 Å². The van der Waals surface area contributed by atoms with Crippen molar-refractivity contribution in [3.8, 4) is 6.07 Å². The minimum absolute atomic E-state index is 0.232. The first kappa shape index (κ1) is 13.6. The lowest BCUT2D eigenvalue weighted by atomic mass is 10.1. The van der Waals surface area contributed by atoms with Crippen LogP contribution < -0.4 is 11.1 Å². The average Bonchev–Trinajstić information content (AvgIpc) is 2.31. The van der Waals surface area contributed by atoms with E-state index in [-0.39, 0.29) is 34.1 Å². The first-order valence-electron chi connectivity index (χ1n) is 4.88. The van der Waals surface area contributed by atoms with E-state index < -0.39 is 0 Å². The van der Waals surface area contributed by atoms with E-state index in [0.29, 0.717) is 5.56 Å². The van der Waals surface area contributed by atoms with E-state index in [1.54, 1.807) is 6.92 Å². The summed E-state index contributed by atoms with van der Waals surface area (Å²) in [6.07, 6.45) is 0. The van der Waals surface area contributed by atoms with Gasteiger partial charge in [-0.2, -0.15) is 5.26 Å². The van der Waals surface area contributed by atoms with Crippen molar-refractivity contribution < 1.29 is 4.79 Å². The van der Waals surface area contributed by atoms with Gasteiger partial charge in [0.15, 0.2) is 0 Å². The second kappa shape index (κ2) is 5.76. The van der Waals surface area contributed by atoms with Crippen LogP contribution in [0.15, 0.2) is 12.1 Å². The number of benzene rings is 1. The van der Waals surface area contributed by atoms with E-state index in [9.17, 15) is 4.79 Å². The zero-order valence-electron chi connectivity index (χ0n) is 9.13. The average molecular weight is 272 g/mol.